The molecule has 0 aliphatic heterocycles. The Hall–Kier alpha value is -3.34. The van der Waals surface area contributed by atoms with E-state index in [0.717, 1.165) is 44.8 Å². The van der Waals surface area contributed by atoms with Crippen molar-refractivity contribution in [3.05, 3.63) is 65.4 Å². The standard InChI is InChI=1S/C23H22N2O3/c1-4-27-22-13-20-19(11-14(22)2)21(9-10-25-20)28-16-6-8-17-15(12-16)5-7-18(17)23(26)24-3/h5-13,18H,4H2,1-3H3,(H,24,26). The van der Waals surface area contributed by atoms with Gasteiger partial charge in [0.15, 0.2) is 0 Å². The number of likely N-dealkylation sites (N-methyl/N-ethyl adjacent to an activating group) is 1. The molecule has 0 fully saturated rings. The monoisotopic (exact) mass is 374 g/mol. The van der Waals surface area contributed by atoms with E-state index in [9.17, 15) is 4.79 Å². The Bertz CT molecular complexity index is 1090. The second-order valence-corrected chi connectivity index (χ2v) is 6.72. The minimum atomic E-state index is -0.240. The highest BCUT2D eigenvalue weighted by atomic mass is 16.5. The van der Waals surface area contributed by atoms with E-state index in [1.165, 1.54) is 0 Å². The van der Waals surface area contributed by atoms with Gasteiger partial charge in [-0.3, -0.25) is 9.78 Å². The van der Waals surface area contributed by atoms with Crippen LogP contribution in [0.2, 0.25) is 0 Å². The van der Waals surface area contributed by atoms with E-state index in [-0.39, 0.29) is 11.8 Å². The molecule has 0 saturated carbocycles. The molecule has 1 aromatic heterocycles. The molecule has 4 rings (SSSR count). The first-order valence-electron chi connectivity index (χ1n) is 9.34. The number of rotatable bonds is 5. The average Bonchev–Trinajstić information content (AvgIpc) is 3.12. The van der Waals surface area contributed by atoms with Gasteiger partial charge in [0.25, 0.3) is 0 Å². The molecule has 142 valence electrons. The Balaban J connectivity index is 1.67. The Labute approximate surface area is 164 Å². The number of carbonyl (C=O) groups excluding carboxylic acids is 1. The maximum absolute atomic E-state index is 12.0. The third-order valence-corrected chi connectivity index (χ3v) is 4.92. The lowest BCUT2D eigenvalue weighted by atomic mass is 10.00. The van der Waals surface area contributed by atoms with Crippen LogP contribution in [0.3, 0.4) is 0 Å². The van der Waals surface area contributed by atoms with Crippen LogP contribution >= 0.6 is 0 Å². The molecular formula is C23H22N2O3. The highest BCUT2D eigenvalue weighted by molar-refractivity contribution is 5.90. The second kappa shape index (κ2) is 7.35. The first-order valence-corrected chi connectivity index (χ1v) is 9.34. The van der Waals surface area contributed by atoms with Crippen LogP contribution in [0.5, 0.6) is 17.2 Å². The average molecular weight is 374 g/mol. The molecular weight excluding hydrogens is 352 g/mol. The van der Waals surface area contributed by atoms with E-state index >= 15 is 0 Å². The van der Waals surface area contributed by atoms with Gasteiger partial charge in [0.1, 0.15) is 17.2 Å². The van der Waals surface area contributed by atoms with Crippen LogP contribution < -0.4 is 14.8 Å². The fraction of sp³-hybridized carbons (Fsp3) is 0.217. The molecule has 0 saturated heterocycles. The van der Waals surface area contributed by atoms with Gasteiger partial charge in [-0.1, -0.05) is 18.2 Å². The molecule has 1 atom stereocenters. The minimum absolute atomic E-state index is 0.00984. The molecule has 3 aromatic rings. The van der Waals surface area contributed by atoms with E-state index in [4.69, 9.17) is 9.47 Å². The van der Waals surface area contributed by atoms with Crippen molar-refractivity contribution in [1.29, 1.82) is 0 Å². The van der Waals surface area contributed by atoms with Crippen molar-refractivity contribution in [3.63, 3.8) is 0 Å². The molecule has 0 bridgehead atoms. The van der Waals surface area contributed by atoms with Gasteiger partial charge in [0, 0.05) is 24.7 Å². The van der Waals surface area contributed by atoms with Gasteiger partial charge in [-0.05, 0) is 54.8 Å². The lowest BCUT2D eigenvalue weighted by molar-refractivity contribution is -0.121. The van der Waals surface area contributed by atoms with Gasteiger partial charge in [0.2, 0.25) is 5.91 Å². The van der Waals surface area contributed by atoms with Crippen LogP contribution in [-0.2, 0) is 4.79 Å². The molecule has 5 heteroatoms. The number of nitrogens with zero attached hydrogens (tertiary/aromatic N) is 1. The van der Waals surface area contributed by atoms with Gasteiger partial charge in [-0.15, -0.1) is 0 Å². The normalized spacial score (nSPS) is 14.8. The molecule has 2 aromatic carbocycles. The van der Waals surface area contributed by atoms with Crippen molar-refractivity contribution < 1.29 is 14.3 Å². The third-order valence-electron chi connectivity index (χ3n) is 4.92. The zero-order valence-electron chi connectivity index (χ0n) is 16.2. The fourth-order valence-corrected chi connectivity index (χ4v) is 3.52. The van der Waals surface area contributed by atoms with E-state index in [0.29, 0.717) is 6.61 Å². The molecule has 1 amide bonds. The predicted octanol–water partition coefficient (Wildman–Crippen LogP) is 4.59. The third kappa shape index (κ3) is 3.20. The van der Waals surface area contributed by atoms with Crippen LogP contribution in [0.15, 0.2) is 48.7 Å². The van der Waals surface area contributed by atoms with E-state index in [1.807, 2.05) is 62.4 Å². The number of ether oxygens (including phenoxy) is 2. The van der Waals surface area contributed by atoms with Crippen molar-refractivity contribution in [3.8, 4) is 17.2 Å². The number of nitrogens with one attached hydrogen (secondary N) is 1. The zero-order valence-corrected chi connectivity index (χ0v) is 16.2. The molecule has 5 nitrogen and oxygen atoms in total. The summed E-state index contributed by atoms with van der Waals surface area (Å²) in [6.45, 7) is 4.59. The van der Waals surface area contributed by atoms with Crippen molar-refractivity contribution in [2.45, 2.75) is 19.8 Å². The smallest absolute Gasteiger partial charge is 0.231 e. The number of hydrogen-bond acceptors (Lipinski definition) is 4. The highest BCUT2D eigenvalue weighted by Gasteiger charge is 2.23. The summed E-state index contributed by atoms with van der Waals surface area (Å²) in [6.07, 6.45) is 5.61. The topological polar surface area (TPSA) is 60.5 Å². The van der Waals surface area contributed by atoms with Crippen molar-refractivity contribution in [1.82, 2.24) is 10.3 Å². The van der Waals surface area contributed by atoms with Crippen LogP contribution in [0.4, 0.5) is 0 Å². The van der Waals surface area contributed by atoms with Crippen LogP contribution in [0.1, 0.15) is 29.5 Å². The highest BCUT2D eigenvalue weighted by Crippen LogP contribution is 2.36. The van der Waals surface area contributed by atoms with Crippen LogP contribution in [0.25, 0.3) is 17.0 Å². The van der Waals surface area contributed by atoms with Crippen molar-refractivity contribution in [2.24, 2.45) is 0 Å². The molecule has 1 heterocycles. The minimum Gasteiger partial charge on any atom is -0.494 e. The summed E-state index contributed by atoms with van der Waals surface area (Å²) in [5.41, 5.74) is 3.85. The van der Waals surface area contributed by atoms with Gasteiger partial charge in [-0.2, -0.15) is 0 Å². The molecule has 1 unspecified atom stereocenters. The van der Waals surface area contributed by atoms with Gasteiger partial charge in [-0.25, -0.2) is 0 Å². The summed E-state index contributed by atoms with van der Waals surface area (Å²) in [6, 6.07) is 11.7. The van der Waals surface area contributed by atoms with Crippen molar-refractivity contribution >= 4 is 22.9 Å². The first kappa shape index (κ1) is 18.0. The van der Waals surface area contributed by atoms with Crippen molar-refractivity contribution in [2.75, 3.05) is 13.7 Å². The summed E-state index contributed by atoms with van der Waals surface area (Å²) in [5.74, 6) is 2.04. The summed E-state index contributed by atoms with van der Waals surface area (Å²) in [4.78, 5) is 16.4. The number of aryl methyl sites for hydroxylation is 1. The number of fused-ring (bicyclic) bond motifs is 2. The van der Waals surface area contributed by atoms with Gasteiger partial charge in [0.05, 0.1) is 18.0 Å². The number of carbonyl (C=O) groups is 1. The maximum atomic E-state index is 12.0. The number of amides is 1. The Morgan fingerprint density at radius 2 is 2.04 bits per heavy atom. The maximum Gasteiger partial charge on any atom is 0.231 e. The largest absolute Gasteiger partial charge is 0.494 e. The number of hydrogen-bond donors (Lipinski definition) is 1. The fourth-order valence-electron chi connectivity index (χ4n) is 3.52. The number of aromatic nitrogens is 1. The predicted molar refractivity (Wildman–Crippen MR) is 110 cm³/mol. The number of pyridine rings is 1. The number of benzene rings is 2. The lowest BCUT2D eigenvalue weighted by Crippen LogP contribution is -2.23. The summed E-state index contributed by atoms with van der Waals surface area (Å²) in [5, 5.41) is 3.64. The zero-order chi connectivity index (χ0) is 19.7. The van der Waals surface area contributed by atoms with E-state index in [1.54, 1.807) is 13.2 Å². The first-order chi connectivity index (χ1) is 13.6. The molecule has 28 heavy (non-hydrogen) atoms. The molecule has 1 aliphatic rings. The molecule has 1 N–H and O–H groups in total. The molecule has 0 spiro atoms. The summed E-state index contributed by atoms with van der Waals surface area (Å²) in [7, 11) is 1.65. The second-order valence-electron chi connectivity index (χ2n) is 6.72. The molecule has 1 aliphatic carbocycles. The van der Waals surface area contributed by atoms with Gasteiger partial charge < -0.3 is 14.8 Å². The van der Waals surface area contributed by atoms with E-state index in [2.05, 4.69) is 10.3 Å². The quantitative estimate of drug-likeness (QED) is 0.709. The van der Waals surface area contributed by atoms with Crippen LogP contribution in [-0.4, -0.2) is 24.5 Å². The lowest BCUT2D eigenvalue weighted by Gasteiger charge is -2.13. The Morgan fingerprint density at radius 3 is 2.82 bits per heavy atom. The Morgan fingerprint density at radius 1 is 1.18 bits per heavy atom. The van der Waals surface area contributed by atoms with E-state index < -0.39 is 0 Å². The molecule has 0 radical (unpaired) electrons. The van der Waals surface area contributed by atoms with Gasteiger partial charge >= 0.3 is 0 Å². The summed E-state index contributed by atoms with van der Waals surface area (Å²) >= 11 is 0. The summed E-state index contributed by atoms with van der Waals surface area (Å²) < 4.78 is 11.8. The SMILES string of the molecule is CCOc1cc2nccc(Oc3ccc4c(c3)C=CC4C(=O)NC)c2cc1C. The Kier molecular flexibility index (Phi) is 4.74. The van der Waals surface area contributed by atoms with Crippen LogP contribution in [0, 0.1) is 6.92 Å².